The van der Waals surface area contributed by atoms with Crippen LogP contribution in [0.1, 0.15) is 47.0 Å². The van der Waals surface area contributed by atoms with E-state index in [1.165, 1.54) is 0 Å². The molecular formula is C13H28N4O2. The van der Waals surface area contributed by atoms with Crippen LogP contribution in [0, 0.1) is 0 Å². The lowest BCUT2D eigenvalue weighted by molar-refractivity contribution is -0.131. The maximum absolute atomic E-state index is 12.1. The van der Waals surface area contributed by atoms with Crippen molar-refractivity contribution >= 4 is 11.8 Å². The number of rotatable bonds is 9. The van der Waals surface area contributed by atoms with Gasteiger partial charge in [0.05, 0.1) is 5.54 Å². The monoisotopic (exact) mass is 272 g/mol. The molecule has 0 saturated carbocycles. The van der Waals surface area contributed by atoms with E-state index in [4.69, 9.17) is 11.5 Å². The lowest BCUT2D eigenvalue weighted by Gasteiger charge is -2.29. The number of carbonyl (C=O) groups excluding carboxylic acids is 2. The molecule has 0 aromatic carbocycles. The number of unbranched alkanes of at least 4 members (excludes halogenated alkanes) is 1. The van der Waals surface area contributed by atoms with E-state index in [1.54, 1.807) is 13.8 Å². The van der Waals surface area contributed by atoms with Gasteiger partial charge in [-0.3, -0.25) is 9.59 Å². The molecule has 0 aliphatic heterocycles. The van der Waals surface area contributed by atoms with Gasteiger partial charge < -0.3 is 22.1 Å². The first-order chi connectivity index (χ1) is 8.70. The Morgan fingerprint density at radius 3 is 2.21 bits per heavy atom. The third-order valence-electron chi connectivity index (χ3n) is 2.81. The Bertz CT molecular complexity index is 303. The second-order valence-corrected chi connectivity index (χ2v) is 5.64. The summed E-state index contributed by atoms with van der Waals surface area (Å²) < 4.78 is 0. The number of carbonyl (C=O) groups is 2. The van der Waals surface area contributed by atoms with Crippen LogP contribution < -0.4 is 22.1 Å². The van der Waals surface area contributed by atoms with Crippen molar-refractivity contribution in [1.82, 2.24) is 10.6 Å². The van der Waals surface area contributed by atoms with Gasteiger partial charge >= 0.3 is 0 Å². The smallest absolute Gasteiger partial charge is 0.240 e. The van der Waals surface area contributed by atoms with Crippen LogP contribution in [0.4, 0.5) is 0 Å². The molecule has 0 bridgehead atoms. The van der Waals surface area contributed by atoms with Gasteiger partial charge in [-0.05, 0) is 53.5 Å². The third kappa shape index (κ3) is 7.12. The van der Waals surface area contributed by atoms with Crippen LogP contribution in [0.2, 0.25) is 0 Å². The highest BCUT2D eigenvalue weighted by atomic mass is 16.2. The van der Waals surface area contributed by atoms with Crippen LogP contribution in [-0.4, -0.2) is 36.0 Å². The number of nitrogens with two attached hydrogens (primary N) is 2. The van der Waals surface area contributed by atoms with Gasteiger partial charge in [-0.15, -0.1) is 0 Å². The molecule has 0 rings (SSSR count). The SMILES string of the molecule is CC(C)NC(C)(C)C(=O)NC(CCCCN)C(N)=O. The summed E-state index contributed by atoms with van der Waals surface area (Å²) in [6.07, 6.45) is 2.10. The number of hydrogen-bond donors (Lipinski definition) is 4. The molecule has 0 fully saturated rings. The first kappa shape index (κ1) is 17.9. The van der Waals surface area contributed by atoms with Gasteiger partial charge in [-0.2, -0.15) is 0 Å². The van der Waals surface area contributed by atoms with Crippen molar-refractivity contribution in [2.45, 2.75) is 64.6 Å². The quantitative estimate of drug-likeness (QED) is 0.438. The summed E-state index contributed by atoms with van der Waals surface area (Å²) in [6.45, 7) is 8.05. The van der Waals surface area contributed by atoms with E-state index in [1.807, 2.05) is 13.8 Å². The Labute approximate surface area is 115 Å². The maximum Gasteiger partial charge on any atom is 0.240 e. The fourth-order valence-corrected chi connectivity index (χ4v) is 1.90. The van der Waals surface area contributed by atoms with Crippen molar-refractivity contribution in [2.75, 3.05) is 6.54 Å². The zero-order valence-corrected chi connectivity index (χ0v) is 12.5. The fourth-order valence-electron chi connectivity index (χ4n) is 1.90. The first-order valence-corrected chi connectivity index (χ1v) is 6.78. The van der Waals surface area contributed by atoms with E-state index >= 15 is 0 Å². The van der Waals surface area contributed by atoms with Crippen LogP contribution in [-0.2, 0) is 9.59 Å². The normalized spacial score (nSPS) is 13.4. The highest BCUT2D eigenvalue weighted by Gasteiger charge is 2.30. The van der Waals surface area contributed by atoms with E-state index in [9.17, 15) is 9.59 Å². The summed E-state index contributed by atoms with van der Waals surface area (Å²) in [5, 5.41) is 5.85. The molecule has 1 unspecified atom stereocenters. The van der Waals surface area contributed by atoms with Crippen molar-refractivity contribution in [3.8, 4) is 0 Å². The standard InChI is InChI=1S/C13H28N4O2/c1-9(2)17-13(3,4)12(19)16-10(11(15)18)7-5-6-8-14/h9-10,17H,5-8,14H2,1-4H3,(H2,15,18)(H,16,19). The summed E-state index contributed by atoms with van der Waals surface area (Å²) in [7, 11) is 0. The van der Waals surface area contributed by atoms with Gasteiger partial charge in [-0.1, -0.05) is 0 Å². The average Bonchev–Trinajstić information content (AvgIpc) is 2.25. The van der Waals surface area contributed by atoms with Crippen LogP contribution >= 0.6 is 0 Å². The van der Waals surface area contributed by atoms with Gasteiger partial charge in [0.2, 0.25) is 11.8 Å². The Morgan fingerprint density at radius 2 is 1.79 bits per heavy atom. The minimum Gasteiger partial charge on any atom is -0.368 e. The minimum absolute atomic E-state index is 0.171. The Kier molecular flexibility index (Phi) is 7.63. The molecule has 19 heavy (non-hydrogen) atoms. The lowest BCUT2D eigenvalue weighted by Crippen LogP contribution is -2.58. The van der Waals surface area contributed by atoms with Crippen molar-refractivity contribution < 1.29 is 9.59 Å². The van der Waals surface area contributed by atoms with Crippen LogP contribution in [0.15, 0.2) is 0 Å². The molecule has 0 aliphatic carbocycles. The molecule has 1 atom stereocenters. The van der Waals surface area contributed by atoms with Crippen molar-refractivity contribution in [3.63, 3.8) is 0 Å². The lowest BCUT2D eigenvalue weighted by atomic mass is 10.0. The molecule has 112 valence electrons. The highest BCUT2D eigenvalue weighted by molar-refractivity contribution is 5.91. The number of primary amides is 1. The molecule has 0 heterocycles. The van der Waals surface area contributed by atoms with Crippen molar-refractivity contribution in [1.29, 1.82) is 0 Å². The van der Waals surface area contributed by atoms with E-state index in [0.29, 0.717) is 13.0 Å². The maximum atomic E-state index is 12.1. The Hall–Kier alpha value is -1.14. The van der Waals surface area contributed by atoms with E-state index in [-0.39, 0.29) is 11.9 Å². The molecule has 0 aromatic heterocycles. The van der Waals surface area contributed by atoms with Crippen molar-refractivity contribution in [2.24, 2.45) is 11.5 Å². The molecular weight excluding hydrogens is 244 g/mol. The average molecular weight is 272 g/mol. The summed E-state index contributed by atoms with van der Waals surface area (Å²) in [5.41, 5.74) is 9.97. The third-order valence-corrected chi connectivity index (χ3v) is 2.81. The zero-order chi connectivity index (χ0) is 15.1. The minimum atomic E-state index is -0.740. The number of hydrogen-bond acceptors (Lipinski definition) is 4. The van der Waals surface area contributed by atoms with Gasteiger partial charge in [0.25, 0.3) is 0 Å². The molecule has 6 heteroatoms. The van der Waals surface area contributed by atoms with Crippen LogP contribution in [0.25, 0.3) is 0 Å². The largest absolute Gasteiger partial charge is 0.368 e. The summed E-state index contributed by atoms with van der Waals surface area (Å²) in [4.78, 5) is 23.5. The van der Waals surface area contributed by atoms with Crippen LogP contribution in [0.3, 0.4) is 0 Å². The molecule has 6 N–H and O–H groups in total. The molecule has 0 aromatic rings. The topological polar surface area (TPSA) is 110 Å². The van der Waals surface area contributed by atoms with Gasteiger partial charge in [0, 0.05) is 6.04 Å². The van der Waals surface area contributed by atoms with Crippen molar-refractivity contribution in [3.05, 3.63) is 0 Å². The highest BCUT2D eigenvalue weighted by Crippen LogP contribution is 2.07. The fraction of sp³-hybridized carbons (Fsp3) is 0.846. The van der Waals surface area contributed by atoms with Gasteiger partial charge in [-0.25, -0.2) is 0 Å². The van der Waals surface area contributed by atoms with E-state index in [2.05, 4.69) is 10.6 Å². The molecule has 2 amide bonds. The van der Waals surface area contributed by atoms with E-state index < -0.39 is 17.5 Å². The Balaban J connectivity index is 4.49. The summed E-state index contributed by atoms with van der Waals surface area (Å²) in [5.74, 6) is -0.733. The zero-order valence-electron chi connectivity index (χ0n) is 12.5. The van der Waals surface area contributed by atoms with E-state index in [0.717, 1.165) is 12.8 Å². The number of amides is 2. The Morgan fingerprint density at radius 1 is 1.21 bits per heavy atom. The summed E-state index contributed by atoms with van der Waals surface area (Å²) in [6, 6.07) is -0.461. The van der Waals surface area contributed by atoms with Gasteiger partial charge in [0.15, 0.2) is 0 Å². The summed E-state index contributed by atoms with van der Waals surface area (Å²) >= 11 is 0. The van der Waals surface area contributed by atoms with Crippen LogP contribution in [0.5, 0.6) is 0 Å². The molecule has 0 saturated heterocycles. The predicted molar refractivity (Wildman–Crippen MR) is 76.4 cm³/mol. The predicted octanol–water partition coefficient (Wildman–Crippen LogP) is -0.138. The molecule has 0 radical (unpaired) electrons. The molecule has 0 aliphatic rings. The second kappa shape index (κ2) is 8.12. The molecule has 0 spiro atoms. The van der Waals surface area contributed by atoms with Gasteiger partial charge in [0.1, 0.15) is 6.04 Å². The molecule has 6 nitrogen and oxygen atoms in total. The second-order valence-electron chi connectivity index (χ2n) is 5.64. The first-order valence-electron chi connectivity index (χ1n) is 6.78. The number of nitrogens with one attached hydrogen (secondary N) is 2.